The van der Waals surface area contributed by atoms with Crippen LogP contribution in [-0.4, -0.2) is 18.2 Å². The van der Waals surface area contributed by atoms with E-state index in [4.69, 9.17) is 9.26 Å². The van der Waals surface area contributed by atoms with Gasteiger partial charge in [0.05, 0.1) is 24.2 Å². The van der Waals surface area contributed by atoms with E-state index in [-0.39, 0.29) is 5.91 Å². The number of amides is 1. The molecule has 2 heterocycles. The summed E-state index contributed by atoms with van der Waals surface area (Å²) in [5, 5.41) is 7.20. The lowest BCUT2D eigenvalue weighted by molar-refractivity contribution is 0.0951. The molecule has 0 saturated heterocycles. The minimum atomic E-state index is -0.146. The van der Waals surface area contributed by atoms with Gasteiger partial charge in [-0.15, -0.1) is 0 Å². The van der Waals surface area contributed by atoms with Crippen LogP contribution in [-0.2, 0) is 6.54 Å². The zero-order valence-corrected chi connectivity index (χ0v) is 10.3. The van der Waals surface area contributed by atoms with Crippen molar-refractivity contribution in [1.29, 1.82) is 0 Å². The highest BCUT2D eigenvalue weighted by Crippen LogP contribution is 2.23. The molecule has 0 saturated carbocycles. The number of aryl methyl sites for hydroxylation is 1. The van der Waals surface area contributed by atoms with E-state index < -0.39 is 0 Å². The fourth-order valence-electron chi connectivity index (χ4n) is 1.31. The third-order valence-corrected chi connectivity index (χ3v) is 3.15. The molecule has 6 heteroatoms. The van der Waals surface area contributed by atoms with Crippen molar-refractivity contribution in [2.24, 2.45) is 0 Å². The molecule has 0 radical (unpaired) electrons. The quantitative estimate of drug-likeness (QED) is 0.903. The predicted octanol–water partition coefficient (Wildman–Crippen LogP) is 1.98. The molecule has 2 aromatic rings. The number of ether oxygens (including phenoxy) is 1. The highest BCUT2D eigenvalue weighted by molar-refractivity contribution is 7.15. The van der Waals surface area contributed by atoms with Gasteiger partial charge in [-0.2, -0.15) is 0 Å². The van der Waals surface area contributed by atoms with Gasteiger partial charge in [0, 0.05) is 6.07 Å². The van der Waals surface area contributed by atoms with Crippen molar-refractivity contribution in [1.82, 2.24) is 10.5 Å². The molecule has 5 nitrogen and oxygen atoms in total. The second-order valence-corrected chi connectivity index (χ2v) is 4.49. The molecule has 0 spiro atoms. The molecular formula is C11H12N2O3S. The molecule has 0 fully saturated rings. The average molecular weight is 252 g/mol. The summed E-state index contributed by atoms with van der Waals surface area (Å²) in [7, 11) is 1.57. The maximum Gasteiger partial charge on any atom is 0.261 e. The second kappa shape index (κ2) is 5.01. The van der Waals surface area contributed by atoms with Gasteiger partial charge in [0.25, 0.3) is 5.91 Å². The van der Waals surface area contributed by atoms with Crippen molar-refractivity contribution in [3.8, 4) is 5.06 Å². The molecule has 17 heavy (non-hydrogen) atoms. The summed E-state index contributed by atoms with van der Waals surface area (Å²) in [5.41, 5.74) is 0.798. The Kier molecular flexibility index (Phi) is 3.43. The summed E-state index contributed by atoms with van der Waals surface area (Å²) < 4.78 is 10.0. The van der Waals surface area contributed by atoms with Gasteiger partial charge in [0.1, 0.15) is 0 Å². The van der Waals surface area contributed by atoms with Crippen LogP contribution in [0.25, 0.3) is 0 Å². The Morgan fingerprint density at radius 1 is 1.59 bits per heavy atom. The van der Waals surface area contributed by atoms with Crippen molar-refractivity contribution in [2.75, 3.05) is 7.11 Å². The lowest BCUT2D eigenvalue weighted by Crippen LogP contribution is -2.21. The third-order valence-electron chi connectivity index (χ3n) is 2.11. The molecule has 0 bridgehead atoms. The van der Waals surface area contributed by atoms with Gasteiger partial charge >= 0.3 is 0 Å². The third kappa shape index (κ3) is 2.85. The van der Waals surface area contributed by atoms with Gasteiger partial charge in [0.2, 0.25) is 0 Å². The predicted molar refractivity (Wildman–Crippen MR) is 63.3 cm³/mol. The van der Waals surface area contributed by atoms with Crippen molar-refractivity contribution < 1.29 is 14.1 Å². The Bertz CT molecular complexity index is 518. The summed E-state index contributed by atoms with van der Waals surface area (Å²) >= 11 is 1.30. The van der Waals surface area contributed by atoms with Gasteiger partial charge in [-0.05, 0) is 19.1 Å². The number of carbonyl (C=O) groups excluding carboxylic acids is 1. The SMILES string of the molecule is COc1ccc(C(=O)NCc2cc(C)no2)s1. The minimum Gasteiger partial charge on any atom is -0.487 e. The Balaban J connectivity index is 1.93. The Morgan fingerprint density at radius 3 is 3.00 bits per heavy atom. The van der Waals surface area contributed by atoms with E-state index in [1.54, 1.807) is 25.3 Å². The first-order valence-electron chi connectivity index (χ1n) is 5.03. The lowest BCUT2D eigenvalue weighted by Gasteiger charge is -1.99. The molecule has 2 rings (SSSR count). The van der Waals surface area contributed by atoms with Crippen molar-refractivity contribution >= 4 is 17.2 Å². The highest BCUT2D eigenvalue weighted by Gasteiger charge is 2.10. The monoisotopic (exact) mass is 252 g/mol. The molecule has 0 unspecified atom stereocenters. The first-order valence-corrected chi connectivity index (χ1v) is 5.85. The first kappa shape index (κ1) is 11.7. The van der Waals surface area contributed by atoms with E-state index in [1.165, 1.54) is 11.3 Å². The summed E-state index contributed by atoms with van der Waals surface area (Å²) in [5.74, 6) is 0.492. The zero-order valence-electron chi connectivity index (χ0n) is 9.52. The van der Waals surface area contributed by atoms with Crippen molar-refractivity contribution in [2.45, 2.75) is 13.5 Å². The van der Waals surface area contributed by atoms with Crippen LogP contribution >= 0.6 is 11.3 Å². The largest absolute Gasteiger partial charge is 0.487 e. The smallest absolute Gasteiger partial charge is 0.261 e. The maximum atomic E-state index is 11.7. The second-order valence-electron chi connectivity index (χ2n) is 3.44. The van der Waals surface area contributed by atoms with Crippen molar-refractivity contribution in [3.05, 3.63) is 34.5 Å². The molecule has 1 amide bonds. The normalized spacial score (nSPS) is 10.2. The molecule has 0 aromatic carbocycles. The van der Waals surface area contributed by atoms with Crippen LogP contribution in [0, 0.1) is 6.92 Å². The van der Waals surface area contributed by atoms with Crippen LogP contribution in [0.5, 0.6) is 5.06 Å². The molecule has 0 aliphatic heterocycles. The topological polar surface area (TPSA) is 64.4 Å². The van der Waals surface area contributed by atoms with Crippen LogP contribution in [0.2, 0.25) is 0 Å². The minimum absolute atomic E-state index is 0.146. The van der Waals surface area contributed by atoms with Crippen LogP contribution in [0.4, 0.5) is 0 Å². The number of rotatable bonds is 4. The van der Waals surface area contributed by atoms with E-state index in [1.807, 2.05) is 6.92 Å². The first-order chi connectivity index (χ1) is 8.19. The number of hydrogen-bond acceptors (Lipinski definition) is 5. The zero-order chi connectivity index (χ0) is 12.3. The molecule has 0 atom stereocenters. The average Bonchev–Trinajstić information content (AvgIpc) is 2.94. The Morgan fingerprint density at radius 2 is 2.41 bits per heavy atom. The fourth-order valence-corrected chi connectivity index (χ4v) is 2.04. The Hall–Kier alpha value is -1.82. The van der Waals surface area contributed by atoms with Gasteiger partial charge in [-0.3, -0.25) is 4.79 Å². The van der Waals surface area contributed by atoms with Crippen LogP contribution in [0.1, 0.15) is 21.1 Å². The van der Waals surface area contributed by atoms with Crippen molar-refractivity contribution in [3.63, 3.8) is 0 Å². The van der Waals surface area contributed by atoms with Gasteiger partial charge in [-0.1, -0.05) is 16.5 Å². The van der Waals surface area contributed by atoms with Crippen LogP contribution in [0.3, 0.4) is 0 Å². The van der Waals surface area contributed by atoms with Gasteiger partial charge in [-0.25, -0.2) is 0 Å². The van der Waals surface area contributed by atoms with E-state index in [0.29, 0.717) is 22.2 Å². The molecule has 0 aliphatic carbocycles. The number of carbonyl (C=O) groups is 1. The molecule has 0 aliphatic rings. The number of nitrogens with zero attached hydrogens (tertiary/aromatic N) is 1. The van der Waals surface area contributed by atoms with Gasteiger partial charge < -0.3 is 14.6 Å². The highest BCUT2D eigenvalue weighted by atomic mass is 32.1. The van der Waals surface area contributed by atoms with E-state index in [9.17, 15) is 4.79 Å². The van der Waals surface area contributed by atoms with E-state index in [2.05, 4.69) is 10.5 Å². The number of hydrogen-bond donors (Lipinski definition) is 1. The number of aromatic nitrogens is 1. The number of thiophene rings is 1. The number of nitrogens with one attached hydrogen (secondary N) is 1. The number of methoxy groups -OCH3 is 1. The van der Waals surface area contributed by atoms with Crippen LogP contribution in [0.15, 0.2) is 22.7 Å². The lowest BCUT2D eigenvalue weighted by atomic mass is 10.3. The molecule has 2 aromatic heterocycles. The summed E-state index contributed by atoms with van der Waals surface area (Å²) in [6.07, 6.45) is 0. The maximum absolute atomic E-state index is 11.7. The van der Waals surface area contributed by atoms with E-state index in [0.717, 1.165) is 5.69 Å². The van der Waals surface area contributed by atoms with Crippen LogP contribution < -0.4 is 10.1 Å². The summed E-state index contributed by atoms with van der Waals surface area (Å²) in [4.78, 5) is 12.3. The van der Waals surface area contributed by atoms with Gasteiger partial charge in [0.15, 0.2) is 10.8 Å². The summed E-state index contributed by atoms with van der Waals surface area (Å²) in [6, 6.07) is 5.28. The Labute approximate surface area is 102 Å². The fraction of sp³-hybridized carbons (Fsp3) is 0.273. The molecule has 90 valence electrons. The molecular weight excluding hydrogens is 240 g/mol. The summed E-state index contributed by atoms with van der Waals surface area (Å²) in [6.45, 7) is 2.17. The standard InChI is InChI=1S/C11H12N2O3S/c1-7-5-8(16-13-7)6-12-11(14)9-3-4-10(15-2)17-9/h3-5H,6H2,1-2H3,(H,12,14). The molecule has 1 N–H and O–H groups in total. The van der Waals surface area contributed by atoms with E-state index >= 15 is 0 Å².